The molecule has 1 aromatic carbocycles. The fraction of sp³-hybridized carbons (Fsp3) is 0.364. The van der Waals surface area contributed by atoms with Crippen molar-refractivity contribution < 1.29 is 8.42 Å². The fourth-order valence-electron chi connectivity index (χ4n) is 1.20. The van der Waals surface area contributed by atoms with Gasteiger partial charge >= 0.3 is 0 Å². The molecule has 17 heavy (non-hydrogen) atoms. The zero-order valence-electron chi connectivity index (χ0n) is 9.91. The third kappa shape index (κ3) is 3.00. The SMILES string of the molecule is CSc1ccc(S(=O)(=O)N(C)C(C)C#N)cc1. The Kier molecular flexibility index (Phi) is 4.57. The van der Waals surface area contributed by atoms with Gasteiger partial charge < -0.3 is 0 Å². The number of hydrogen-bond donors (Lipinski definition) is 0. The summed E-state index contributed by atoms with van der Waals surface area (Å²) in [6.45, 7) is 1.55. The first kappa shape index (κ1) is 14.0. The topological polar surface area (TPSA) is 61.2 Å². The van der Waals surface area contributed by atoms with Crippen molar-refractivity contribution >= 4 is 21.8 Å². The maximum absolute atomic E-state index is 12.1. The van der Waals surface area contributed by atoms with E-state index in [1.807, 2.05) is 12.3 Å². The van der Waals surface area contributed by atoms with Crippen molar-refractivity contribution in [3.8, 4) is 6.07 Å². The van der Waals surface area contributed by atoms with E-state index in [0.717, 1.165) is 9.20 Å². The Bertz CT molecular complexity index is 517. The Morgan fingerprint density at radius 1 is 1.35 bits per heavy atom. The van der Waals surface area contributed by atoms with Crippen LogP contribution in [0.3, 0.4) is 0 Å². The van der Waals surface area contributed by atoms with Gasteiger partial charge in [-0.2, -0.15) is 9.57 Å². The standard InChI is InChI=1S/C11H14N2O2S2/c1-9(8-12)13(2)17(14,15)11-6-4-10(16-3)5-7-11/h4-7,9H,1-3H3. The van der Waals surface area contributed by atoms with E-state index in [-0.39, 0.29) is 4.90 Å². The average Bonchev–Trinajstić information content (AvgIpc) is 2.36. The van der Waals surface area contributed by atoms with Gasteiger partial charge in [-0.05, 0) is 37.4 Å². The summed E-state index contributed by atoms with van der Waals surface area (Å²) in [5.74, 6) is 0. The monoisotopic (exact) mass is 270 g/mol. The van der Waals surface area contributed by atoms with Gasteiger partial charge in [0.25, 0.3) is 0 Å². The second-order valence-corrected chi connectivity index (χ2v) is 6.38. The molecular formula is C11H14N2O2S2. The summed E-state index contributed by atoms with van der Waals surface area (Å²) in [5.41, 5.74) is 0. The van der Waals surface area contributed by atoms with Crippen molar-refractivity contribution in [3.63, 3.8) is 0 Å². The molecule has 0 aliphatic carbocycles. The third-order valence-corrected chi connectivity index (χ3v) is 5.15. The zero-order chi connectivity index (χ0) is 13.1. The fourth-order valence-corrected chi connectivity index (χ4v) is 2.89. The van der Waals surface area contributed by atoms with E-state index < -0.39 is 16.1 Å². The molecule has 0 heterocycles. The summed E-state index contributed by atoms with van der Waals surface area (Å²) in [5, 5.41) is 8.74. The normalized spacial score (nSPS) is 13.4. The van der Waals surface area contributed by atoms with Crippen LogP contribution in [0.5, 0.6) is 0 Å². The Morgan fingerprint density at radius 2 is 1.88 bits per heavy atom. The van der Waals surface area contributed by atoms with Gasteiger partial charge in [-0.1, -0.05) is 0 Å². The molecule has 0 aliphatic rings. The molecule has 0 saturated heterocycles. The van der Waals surface area contributed by atoms with Crippen molar-refractivity contribution in [2.24, 2.45) is 0 Å². The molecule has 6 heteroatoms. The summed E-state index contributed by atoms with van der Waals surface area (Å²) < 4.78 is 25.3. The van der Waals surface area contributed by atoms with Gasteiger partial charge in [0.2, 0.25) is 10.0 Å². The molecule has 92 valence electrons. The van der Waals surface area contributed by atoms with Crippen LogP contribution in [0.2, 0.25) is 0 Å². The summed E-state index contributed by atoms with van der Waals surface area (Å²) >= 11 is 1.55. The number of benzene rings is 1. The molecule has 0 fully saturated rings. The largest absolute Gasteiger partial charge is 0.244 e. The van der Waals surface area contributed by atoms with Crippen LogP contribution in [0.25, 0.3) is 0 Å². The molecule has 0 aliphatic heterocycles. The molecule has 0 spiro atoms. The molecule has 0 saturated carbocycles. The molecule has 0 aromatic heterocycles. The van der Waals surface area contributed by atoms with Crippen LogP contribution in [0.4, 0.5) is 0 Å². The first-order valence-corrected chi connectivity index (χ1v) is 7.61. The van der Waals surface area contributed by atoms with Gasteiger partial charge in [-0.3, -0.25) is 0 Å². The molecule has 1 unspecified atom stereocenters. The van der Waals surface area contributed by atoms with Gasteiger partial charge in [0, 0.05) is 11.9 Å². The molecule has 0 bridgehead atoms. The van der Waals surface area contributed by atoms with Crippen LogP contribution in [-0.2, 0) is 10.0 Å². The van der Waals surface area contributed by atoms with Crippen LogP contribution in [0.15, 0.2) is 34.1 Å². The quantitative estimate of drug-likeness (QED) is 0.784. The van der Waals surface area contributed by atoms with Gasteiger partial charge in [0.05, 0.1) is 11.0 Å². The van der Waals surface area contributed by atoms with Gasteiger partial charge in [0.1, 0.15) is 6.04 Å². The van der Waals surface area contributed by atoms with Crippen molar-refractivity contribution in [1.29, 1.82) is 5.26 Å². The Labute approximate surface area is 106 Å². The lowest BCUT2D eigenvalue weighted by molar-refractivity contribution is 0.442. The van der Waals surface area contributed by atoms with Crippen molar-refractivity contribution in [2.45, 2.75) is 22.8 Å². The van der Waals surface area contributed by atoms with Crippen molar-refractivity contribution in [3.05, 3.63) is 24.3 Å². The molecule has 0 radical (unpaired) electrons. The first-order chi connectivity index (χ1) is 7.93. The maximum Gasteiger partial charge on any atom is 0.244 e. The van der Waals surface area contributed by atoms with Crippen LogP contribution in [0.1, 0.15) is 6.92 Å². The van der Waals surface area contributed by atoms with Gasteiger partial charge in [-0.25, -0.2) is 8.42 Å². The van der Waals surface area contributed by atoms with Crippen molar-refractivity contribution in [1.82, 2.24) is 4.31 Å². The molecular weight excluding hydrogens is 256 g/mol. The van der Waals surface area contributed by atoms with E-state index in [4.69, 9.17) is 5.26 Å². The lowest BCUT2D eigenvalue weighted by Gasteiger charge is -2.19. The van der Waals surface area contributed by atoms with Crippen LogP contribution < -0.4 is 0 Å². The molecule has 4 nitrogen and oxygen atoms in total. The number of thioether (sulfide) groups is 1. The predicted molar refractivity (Wildman–Crippen MR) is 68.2 cm³/mol. The maximum atomic E-state index is 12.1. The second kappa shape index (κ2) is 5.54. The van der Waals surface area contributed by atoms with E-state index in [0.29, 0.717) is 0 Å². The van der Waals surface area contributed by atoms with E-state index in [1.54, 1.807) is 43.0 Å². The zero-order valence-corrected chi connectivity index (χ0v) is 11.5. The third-order valence-electron chi connectivity index (χ3n) is 2.47. The number of hydrogen-bond acceptors (Lipinski definition) is 4. The predicted octanol–water partition coefficient (Wildman–Crippen LogP) is 1.94. The highest BCUT2D eigenvalue weighted by Gasteiger charge is 2.24. The van der Waals surface area contributed by atoms with E-state index in [9.17, 15) is 8.42 Å². The summed E-state index contributed by atoms with van der Waals surface area (Å²) in [7, 11) is -2.17. The number of nitriles is 1. The number of rotatable bonds is 4. The van der Waals surface area contributed by atoms with E-state index >= 15 is 0 Å². The van der Waals surface area contributed by atoms with Crippen LogP contribution in [0, 0.1) is 11.3 Å². The minimum Gasteiger partial charge on any atom is -0.207 e. The van der Waals surface area contributed by atoms with Crippen molar-refractivity contribution in [2.75, 3.05) is 13.3 Å². The molecule has 0 N–H and O–H groups in total. The highest BCUT2D eigenvalue weighted by atomic mass is 32.2. The highest BCUT2D eigenvalue weighted by Crippen LogP contribution is 2.20. The molecule has 1 atom stereocenters. The second-order valence-electron chi connectivity index (χ2n) is 3.50. The van der Waals surface area contributed by atoms with Crippen LogP contribution >= 0.6 is 11.8 Å². The summed E-state index contributed by atoms with van der Waals surface area (Å²) in [4.78, 5) is 1.21. The average molecular weight is 270 g/mol. The smallest absolute Gasteiger partial charge is 0.207 e. The Hall–Kier alpha value is -1.03. The Morgan fingerprint density at radius 3 is 2.29 bits per heavy atom. The lowest BCUT2D eigenvalue weighted by atomic mass is 10.4. The van der Waals surface area contributed by atoms with E-state index in [2.05, 4.69) is 0 Å². The van der Waals surface area contributed by atoms with Gasteiger partial charge in [0.15, 0.2) is 0 Å². The Balaban J connectivity index is 3.09. The van der Waals surface area contributed by atoms with Crippen LogP contribution in [-0.4, -0.2) is 32.1 Å². The molecule has 1 aromatic rings. The van der Waals surface area contributed by atoms with Gasteiger partial charge in [-0.15, -0.1) is 11.8 Å². The number of sulfonamides is 1. The minimum absolute atomic E-state index is 0.208. The minimum atomic E-state index is -3.57. The molecule has 1 rings (SSSR count). The lowest BCUT2D eigenvalue weighted by Crippen LogP contribution is -2.34. The summed E-state index contributed by atoms with van der Waals surface area (Å²) in [6, 6.07) is 7.84. The molecule has 0 amide bonds. The number of nitrogens with zero attached hydrogens (tertiary/aromatic N) is 2. The highest BCUT2D eigenvalue weighted by molar-refractivity contribution is 7.98. The van der Waals surface area contributed by atoms with E-state index in [1.165, 1.54) is 7.05 Å². The summed E-state index contributed by atoms with van der Waals surface area (Å²) in [6.07, 6.45) is 1.92. The first-order valence-electron chi connectivity index (χ1n) is 4.95.